The molecule has 0 spiro atoms. The van der Waals surface area contributed by atoms with Crippen molar-refractivity contribution < 1.29 is 22.7 Å². The summed E-state index contributed by atoms with van der Waals surface area (Å²) in [6, 6.07) is 20.7. The quantitative estimate of drug-likeness (QED) is 0.218. The summed E-state index contributed by atoms with van der Waals surface area (Å²) < 4.78 is 45.2. The van der Waals surface area contributed by atoms with Crippen LogP contribution < -0.4 is 0 Å². The maximum absolute atomic E-state index is 13.0. The second-order valence-electron chi connectivity index (χ2n) is 9.91. The minimum Gasteiger partial charge on any atom is -0.460 e. The van der Waals surface area contributed by atoms with Crippen LogP contribution in [-0.4, -0.2) is 0 Å². The SMILES string of the molecule is Cc1cc(SCc2cc(-c3ccc(C(F)(F)F)cc3)oc2CSc2ccc(C(C)(C)C)cc2)ccc1[O]. The van der Waals surface area contributed by atoms with E-state index in [0.717, 1.165) is 33.2 Å². The van der Waals surface area contributed by atoms with E-state index in [-0.39, 0.29) is 11.2 Å². The second kappa shape index (κ2) is 10.9. The van der Waals surface area contributed by atoms with Gasteiger partial charge in [-0.15, -0.1) is 23.5 Å². The maximum atomic E-state index is 13.0. The molecule has 0 N–H and O–H groups in total. The maximum Gasteiger partial charge on any atom is 0.416 e. The predicted molar refractivity (Wildman–Crippen MR) is 145 cm³/mol. The number of furan rings is 1. The molecule has 1 heterocycles. The molecule has 37 heavy (non-hydrogen) atoms. The van der Waals surface area contributed by atoms with Gasteiger partial charge in [0, 0.05) is 26.7 Å². The summed E-state index contributed by atoms with van der Waals surface area (Å²) in [5, 5.41) is 11.7. The lowest BCUT2D eigenvalue weighted by Crippen LogP contribution is -2.10. The van der Waals surface area contributed by atoms with Crippen LogP contribution in [0.3, 0.4) is 0 Å². The van der Waals surface area contributed by atoms with E-state index >= 15 is 0 Å². The molecule has 0 aliphatic rings. The van der Waals surface area contributed by atoms with Gasteiger partial charge in [-0.1, -0.05) is 45.0 Å². The van der Waals surface area contributed by atoms with Crippen LogP contribution in [0.4, 0.5) is 13.2 Å². The van der Waals surface area contributed by atoms with Crippen molar-refractivity contribution in [3.05, 3.63) is 101 Å². The fraction of sp³-hybridized carbons (Fsp3) is 0.267. The summed E-state index contributed by atoms with van der Waals surface area (Å²) in [7, 11) is 0. The smallest absolute Gasteiger partial charge is 0.416 e. The first kappa shape index (κ1) is 27.3. The second-order valence-corrected chi connectivity index (χ2v) is 12.0. The Morgan fingerprint density at radius 3 is 1.95 bits per heavy atom. The van der Waals surface area contributed by atoms with Crippen molar-refractivity contribution in [2.75, 3.05) is 0 Å². The van der Waals surface area contributed by atoms with Crippen LogP contribution in [0.2, 0.25) is 0 Å². The zero-order chi connectivity index (χ0) is 26.8. The van der Waals surface area contributed by atoms with Crippen molar-refractivity contribution >= 4 is 23.5 Å². The molecule has 193 valence electrons. The van der Waals surface area contributed by atoms with Crippen LogP contribution in [0.1, 0.15) is 48.8 Å². The molecule has 0 atom stereocenters. The van der Waals surface area contributed by atoms with Crippen LogP contribution in [-0.2, 0) is 28.2 Å². The summed E-state index contributed by atoms with van der Waals surface area (Å²) in [4.78, 5) is 2.09. The van der Waals surface area contributed by atoms with Gasteiger partial charge in [-0.3, -0.25) is 5.11 Å². The third-order valence-electron chi connectivity index (χ3n) is 6.02. The first-order valence-corrected chi connectivity index (χ1v) is 13.8. The van der Waals surface area contributed by atoms with E-state index in [1.165, 1.54) is 17.7 Å². The molecule has 0 amide bonds. The Morgan fingerprint density at radius 2 is 1.35 bits per heavy atom. The van der Waals surface area contributed by atoms with Gasteiger partial charge >= 0.3 is 6.18 Å². The number of halogens is 3. The minimum absolute atomic E-state index is 0.00631. The van der Waals surface area contributed by atoms with Gasteiger partial charge < -0.3 is 4.42 Å². The normalized spacial score (nSPS) is 12.2. The first-order chi connectivity index (χ1) is 17.4. The van der Waals surface area contributed by atoms with Gasteiger partial charge in [-0.25, -0.2) is 0 Å². The Kier molecular flexibility index (Phi) is 8.05. The average Bonchev–Trinajstić information content (AvgIpc) is 3.26. The average molecular weight is 542 g/mol. The summed E-state index contributed by atoms with van der Waals surface area (Å²) in [6.07, 6.45) is -4.38. The van der Waals surface area contributed by atoms with Crippen molar-refractivity contribution in [1.82, 2.24) is 0 Å². The summed E-state index contributed by atoms with van der Waals surface area (Å²) in [6.45, 7) is 8.32. The zero-order valence-electron chi connectivity index (χ0n) is 21.1. The molecule has 4 aromatic rings. The number of alkyl halides is 3. The molecule has 0 fully saturated rings. The Balaban J connectivity index is 1.57. The van der Waals surface area contributed by atoms with Crippen LogP contribution in [0.15, 0.2) is 87.0 Å². The van der Waals surface area contributed by atoms with Gasteiger partial charge in [0.05, 0.1) is 11.3 Å². The highest BCUT2D eigenvalue weighted by atomic mass is 32.2. The topological polar surface area (TPSA) is 33.0 Å². The van der Waals surface area contributed by atoms with Crippen LogP contribution in [0, 0.1) is 6.92 Å². The van der Waals surface area contributed by atoms with Crippen LogP contribution in [0.25, 0.3) is 11.3 Å². The van der Waals surface area contributed by atoms with Crippen molar-refractivity contribution in [2.24, 2.45) is 0 Å². The molecule has 7 heteroatoms. The van der Waals surface area contributed by atoms with Crippen molar-refractivity contribution in [2.45, 2.75) is 60.6 Å². The zero-order valence-corrected chi connectivity index (χ0v) is 22.7. The van der Waals surface area contributed by atoms with E-state index in [2.05, 4.69) is 45.0 Å². The molecule has 3 aromatic carbocycles. The lowest BCUT2D eigenvalue weighted by atomic mass is 9.87. The van der Waals surface area contributed by atoms with E-state index < -0.39 is 11.7 Å². The molecule has 2 nitrogen and oxygen atoms in total. The molecule has 4 rings (SSSR count). The van der Waals surface area contributed by atoms with E-state index in [4.69, 9.17) is 4.42 Å². The first-order valence-electron chi connectivity index (χ1n) is 11.8. The molecular weight excluding hydrogens is 513 g/mol. The van der Waals surface area contributed by atoms with E-state index in [1.54, 1.807) is 36.5 Å². The predicted octanol–water partition coefficient (Wildman–Crippen LogP) is 10.3. The number of hydrogen-bond donors (Lipinski definition) is 0. The standard InChI is InChI=1S/C30H28F3O2S2/c1-19-15-25(13-14-26(19)34)36-17-21-16-27(20-5-7-23(8-6-20)30(31,32)33)35-28(21)18-37-24-11-9-22(10-12-24)29(2,3)4/h5-16H,17-18H2,1-4H3. The molecule has 0 aliphatic heterocycles. The highest BCUT2D eigenvalue weighted by Gasteiger charge is 2.30. The van der Waals surface area contributed by atoms with E-state index in [9.17, 15) is 18.3 Å². The summed E-state index contributed by atoms with van der Waals surface area (Å²) >= 11 is 3.25. The number of aryl methyl sites for hydroxylation is 1. The van der Waals surface area contributed by atoms with E-state index in [1.807, 2.05) is 18.2 Å². The fourth-order valence-electron chi connectivity index (χ4n) is 3.75. The van der Waals surface area contributed by atoms with Crippen LogP contribution >= 0.6 is 23.5 Å². The number of hydrogen-bond acceptors (Lipinski definition) is 3. The monoisotopic (exact) mass is 541 g/mol. The molecule has 1 aromatic heterocycles. The fourth-order valence-corrected chi connectivity index (χ4v) is 5.61. The Bertz CT molecular complexity index is 1350. The lowest BCUT2D eigenvalue weighted by molar-refractivity contribution is -0.137. The molecule has 0 bridgehead atoms. The number of benzene rings is 3. The van der Waals surface area contributed by atoms with Gasteiger partial charge in [-0.2, -0.15) is 13.2 Å². The lowest BCUT2D eigenvalue weighted by Gasteiger charge is -2.19. The number of thioether (sulfide) groups is 2. The summed E-state index contributed by atoms with van der Waals surface area (Å²) in [5.41, 5.74) is 2.91. The van der Waals surface area contributed by atoms with Crippen LogP contribution in [0.5, 0.6) is 5.75 Å². The van der Waals surface area contributed by atoms with Gasteiger partial charge in [0.25, 0.3) is 0 Å². The molecule has 0 unspecified atom stereocenters. The highest BCUT2D eigenvalue weighted by Crippen LogP contribution is 2.37. The minimum atomic E-state index is -4.38. The van der Waals surface area contributed by atoms with Gasteiger partial charge in [0.15, 0.2) is 5.75 Å². The Morgan fingerprint density at radius 1 is 0.757 bits per heavy atom. The largest absolute Gasteiger partial charge is 0.460 e. The van der Waals surface area contributed by atoms with Gasteiger partial charge in [0.2, 0.25) is 0 Å². The Labute approximate surface area is 224 Å². The van der Waals surface area contributed by atoms with Gasteiger partial charge in [0.1, 0.15) is 11.5 Å². The molecule has 0 saturated carbocycles. The molecular formula is C30H28F3O2S2. The highest BCUT2D eigenvalue weighted by molar-refractivity contribution is 7.99. The third kappa shape index (κ3) is 6.96. The Hall–Kier alpha value is -2.77. The van der Waals surface area contributed by atoms with Crippen molar-refractivity contribution in [3.63, 3.8) is 0 Å². The molecule has 0 saturated heterocycles. The molecule has 1 radical (unpaired) electrons. The van der Waals surface area contributed by atoms with Gasteiger partial charge in [-0.05, 0) is 72.0 Å². The third-order valence-corrected chi connectivity index (χ3v) is 8.08. The summed E-state index contributed by atoms with van der Waals surface area (Å²) in [5.74, 6) is 2.52. The van der Waals surface area contributed by atoms with Crippen molar-refractivity contribution in [3.8, 4) is 17.1 Å². The van der Waals surface area contributed by atoms with E-state index in [0.29, 0.717) is 28.4 Å². The van der Waals surface area contributed by atoms with Crippen molar-refractivity contribution in [1.29, 1.82) is 0 Å². The number of rotatable bonds is 7. The molecule has 0 aliphatic carbocycles.